The van der Waals surface area contributed by atoms with E-state index in [1.165, 1.54) is 24.6 Å². The number of ether oxygens (including phenoxy) is 1. The van der Waals surface area contributed by atoms with Gasteiger partial charge in [-0.05, 0) is 18.8 Å². The molecule has 1 fully saturated rings. The number of aryl methyl sites for hydroxylation is 1. The molecule has 4 rings (SSSR count). The number of rotatable bonds is 5. The monoisotopic (exact) mass is 327 g/mol. The largest absolute Gasteiger partial charge is 0.380 e. The van der Waals surface area contributed by atoms with Gasteiger partial charge in [0.25, 0.3) is 5.91 Å². The average Bonchev–Trinajstić information content (AvgIpc) is 3.37. The minimum absolute atomic E-state index is 0.0952. The minimum atomic E-state index is -0.0952. The normalized spacial score (nSPS) is 20.0. The third-order valence-electron chi connectivity index (χ3n) is 4.75. The predicted octanol–water partition coefficient (Wildman–Crippen LogP) is 1.38. The Morgan fingerprint density at radius 1 is 1.29 bits per heavy atom. The number of nitrogens with zero attached hydrogens (tertiary/aromatic N) is 5. The molecule has 1 saturated carbocycles. The van der Waals surface area contributed by atoms with E-state index in [4.69, 9.17) is 4.74 Å². The lowest BCUT2D eigenvalue weighted by Crippen LogP contribution is -2.40. The number of aromatic nitrogens is 4. The molecule has 0 saturated heterocycles. The van der Waals surface area contributed by atoms with Crippen molar-refractivity contribution < 1.29 is 9.53 Å². The van der Waals surface area contributed by atoms with E-state index in [1.807, 2.05) is 22.8 Å². The molecule has 7 heteroatoms. The lowest BCUT2D eigenvalue weighted by molar-refractivity contribution is 0.0618. The van der Waals surface area contributed by atoms with Crippen LogP contribution in [-0.4, -0.2) is 50.3 Å². The molecular weight excluding hydrogens is 306 g/mol. The molecule has 1 aliphatic heterocycles. The van der Waals surface area contributed by atoms with Crippen molar-refractivity contribution in [2.75, 3.05) is 19.8 Å². The molecule has 0 spiro atoms. The summed E-state index contributed by atoms with van der Waals surface area (Å²) in [5.74, 6) is 0.795. The third kappa shape index (κ3) is 3.03. The maximum atomic E-state index is 12.7. The number of carbonyl (C=O) groups is 1. The lowest BCUT2D eigenvalue weighted by atomic mass is 9.95. The number of hydrogen-bond acceptors (Lipinski definition) is 5. The molecule has 0 radical (unpaired) electrons. The predicted molar refractivity (Wildman–Crippen MR) is 86.3 cm³/mol. The van der Waals surface area contributed by atoms with E-state index < -0.39 is 0 Å². The van der Waals surface area contributed by atoms with Gasteiger partial charge in [0.05, 0.1) is 31.2 Å². The van der Waals surface area contributed by atoms with Crippen LogP contribution in [0.4, 0.5) is 0 Å². The molecule has 0 aromatic carbocycles. The third-order valence-corrected chi connectivity index (χ3v) is 4.75. The standard InChI is InChI=1S/C17H21N5O2/c1-21-16-9-22(17(23)15-7-18-4-5-19-15)8-13(14(16)6-20-21)11-24-10-12-2-3-12/h4-7,12-13H,2-3,8-11H2,1H3/t13-/m1/s1. The lowest BCUT2D eigenvalue weighted by Gasteiger charge is -2.32. The molecule has 126 valence electrons. The second kappa shape index (κ2) is 6.32. The molecule has 1 atom stereocenters. The van der Waals surface area contributed by atoms with Crippen LogP contribution in [0.3, 0.4) is 0 Å². The van der Waals surface area contributed by atoms with E-state index in [9.17, 15) is 4.79 Å². The SMILES string of the molecule is Cn1ncc2c1CN(C(=O)c1cnccn1)C[C@@H]2COCC1CC1. The smallest absolute Gasteiger partial charge is 0.274 e. The molecule has 1 amide bonds. The second-order valence-corrected chi connectivity index (χ2v) is 6.62. The zero-order valence-electron chi connectivity index (χ0n) is 13.8. The number of fused-ring (bicyclic) bond motifs is 1. The first kappa shape index (κ1) is 15.3. The summed E-state index contributed by atoms with van der Waals surface area (Å²) < 4.78 is 7.74. The molecule has 0 N–H and O–H groups in total. The molecule has 0 bridgehead atoms. The van der Waals surface area contributed by atoms with Crippen molar-refractivity contribution in [3.8, 4) is 0 Å². The summed E-state index contributed by atoms with van der Waals surface area (Å²) in [6.45, 7) is 2.61. The van der Waals surface area contributed by atoms with Gasteiger partial charge in [0.2, 0.25) is 0 Å². The van der Waals surface area contributed by atoms with Crippen molar-refractivity contribution in [2.24, 2.45) is 13.0 Å². The Balaban J connectivity index is 1.52. The first-order chi connectivity index (χ1) is 11.7. The highest BCUT2D eigenvalue weighted by Crippen LogP contribution is 2.31. The highest BCUT2D eigenvalue weighted by Gasteiger charge is 2.32. The molecule has 0 unspecified atom stereocenters. The van der Waals surface area contributed by atoms with Crippen LogP contribution in [0.25, 0.3) is 0 Å². The van der Waals surface area contributed by atoms with Crippen LogP contribution < -0.4 is 0 Å². The van der Waals surface area contributed by atoms with Gasteiger partial charge in [-0.15, -0.1) is 0 Å². The van der Waals surface area contributed by atoms with Crippen molar-refractivity contribution in [1.82, 2.24) is 24.6 Å². The van der Waals surface area contributed by atoms with E-state index in [0.29, 0.717) is 25.4 Å². The van der Waals surface area contributed by atoms with Gasteiger partial charge in [0.1, 0.15) is 5.69 Å². The van der Waals surface area contributed by atoms with Gasteiger partial charge >= 0.3 is 0 Å². The van der Waals surface area contributed by atoms with Crippen LogP contribution in [0.2, 0.25) is 0 Å². The Hall–Kier alpha value is -2.28. The molecular formula is C17H21N5O2. The Bertz CT molecular complexity index is 726. The van der Waals surface area contributed by atoms with Gasteiger partial charge in [-0.3, -0.25) is 14.5 Å². The summed E-state index contributed by atoms with van der Waals surface area (Å²) in [6.07, 6.45) is 9.09. The van der Waals surface area contributed by atoms with Gasteiger partial charge in [-0.25, -0.2) is 4.98 Å². The van der Waals surface area contributed by atoms with Crippen LogP contribution in [-0.2, 0) is 18.3 Å². The van der Waals surface area contributed by atoms with Crippen molar-refractivity contribution in [2.45, 2.75) is 25.3 Å². The topological polar surface area (TPSA) is 73.1 Å². The molecule has 2 aromatic heterocycles. The molecule has 2 aromatic rings. The zero-order chi connectivity index (χ0) is 16.5. The molecule has 7 nitrogen and oxygen atoms in total. The summed E-state index contributed by atoms with van der Waals surface area (Å²) in [5.41, 5.74) is 2.63. The Labute approximate surface area is 140 Å². The average molecular weight is 327 g/mol. The van der Waals surface area contributed by atoms with Gasteiger partial charge in [0.15, 0.2) is 0 Å². The van der Waals surface area contributed by atoms with Crippen molar-refractivity contribution in [1.29, 1.82) is 0 Å². The highest BCUT2D eigenvalue weighted by atomic mass is 16.5. The van der Waals surface area contributed by atoms with E-state index >= 15 is 0 Å². The summed E-state index contributed by atoms with van der Waals surface area (Å²) in [6, 6.07) is 0. The Morgan fingerprint density at radius 3 is 2.92 bits per heavy atom. The maximum absolute atomic E-state index is 12.7. The van der Waals surface area contributed by atoms with Crippen LogP contribution in [0, 0.1) is 5.92 Å². The van der Waals surface area contributed by atoms with Crippen LogP contribution in [0.5, 0.6) is 0 Å². The van der Waals surface area contributed by atoms with Crippen LogP contribution in [0.15, 0.2) is 24.8 Å². The fourth-order valence-corrected chi connectivity index (χ4v) is 3.15. The van der Waals surface area contributed by atoms with E-state index in [2.05, 4.69) is 15.1 Å². The zero-order valence-corrected chi connectivity index (χ0v) is 13.8. The first-order valence-corrected chi connectivity index (χ1v) is 8.36. The van der Waals surface area contributed by atoms with Crippen LogP contribution in [0.1, 0.15) is 40.5 Å². The van der Waals surface area contributed by atoms with Gasteiger partial charge in [0, 0.05) is 44.1 Å². The van der Waals surface area contributed by atoms with Gasteiger partial charge in [-0.2, -0.15) is 5.10 Å². The Kier molecular flexibility index (Phi) is 4.02. The Morgan fingerprint density at radius 2 is 2.17 bits per heavy atom. The molecule has 3 heterocycles. The van der Waals surface area contributed by atoms with Crippen molar-refractivity contribution in [3.05, 3.63) is 41.7 Å². The van der Waals surface area contributed by atoms with E-state index in [1.54, 1.807) is 12.4 Å². The second-order valence-electron chi connectivity index (χ2n) is 6.62. The fourth-order valence-electron chi connectivity index (χ4n) is 3.15. The number of amides is 1. The molecule has 1 aliphatic carbocycles. The summed E-state index contributed by atoms with van der Waals surface area (Å²) in [5, 5.41) is 4.37. The summed E-state index contributed by atoms with van der Waals surface area (Å²) >= 11 is 0. The van der Waals surface area contributed by atoms with E-state index in [0.717, 1.165) is 18.2 Å². The van der Waals surface area contributed by atoms with E-state index in [-0.39, 0.29) is 11.8 Å². The summed E-state index contributed by atoms with van der Waals surface area (Å²) in [4.78, 5) is 22.7. The first-order valence-electron chi connectivity index (χ1n) is 8.36. The quantitative estimate of drug-likeness (QED) is 0.829. The van der Waals surface area contributed by atoms with Crippen molar-refractivity contribution >= 4 is 5.91 Å². The van der Waals surface area contributed by atoms with Crippen LogP contribution >= 0.6 is 0 Å². The fraction of sp³-hybridized carbons (Fsp3) is 0.529. The highest BCUT2D eigenvalue weighted by molar-refractivity contribution is 5.92. The van der Waals surface area contributed by atoms with Gasteiger partial charge < -0.3 is 9.64 Å². The summed E-state index contributed by atoms with van der Waals surface area (Å²) in [7, 11) is 1.91. The number of hydrogen-bond donors (Lipinski definition) is 0. The minimum Gasteiger partial charge on any atom is -0.380 e. The van der Waals surface area contributed by atoms with Gasteiger partial charge in [-0.1, -0.05) is 0 Å². The molecule has 24 heavy (non-hydrogen) atoms. The maximum Gasteiger partial charge on any atom is 0.274 e. The number of carbonyl (C=O) groups excluding carboxylic acids is 1. The molecule has 2 aliphatic rings. The van der Waals surface area contributed by atoms with Crippen molar-refractivity contribution in [3.63, 3.8) is 0 Å².